The lowest BCUT2D eigenvalue weighted by Crippen LogP contribution is -2.11. The molecule has 0 aliphatic heterocycles. The molecule has 110 valence electrons. The Hall–Kier alpha value is -2.06. The highest BCUT2D eigenvalue weighted by Gasteiger charge is 2.17. The normalized spacial score (nSPS) is 13.0. The molecule has 6 nitrogen and oxygen atoms in total. The van der Waals surface area contributed by atoms with E-state index in [2.05, 4.69) is 15.4 Å². The van der Waals surface area contributed by atoms with Gasteiger partial charge in [0.2, 0.25) is 0 Å². The van der Waals surface area contributed by atoms with Crippen LogP contribution in [0.3, 0.4) is 0 Å². The topological polar surface area (TPSA) is 77.0 Å². The summed E-state index contributed by atoms with van der Waals surface area (Å²) < 4.78 is 31.5. The Morgan fingerprint density at radius 2 is 2.05 bits per heavy atom. The Labute approximate surface area is 121 Å². The smallest absolute Gasteiger partial charge is 0.189 e. The van der Waals surface area contributed by atoms with Crippen LogP contribution in [0.25, 0.3) is 11.0 Å². The minimum absolute atomic E-state index is 0.0192. The number of tetrazole rings is 1. The molecule has 3 aromatic rings. The van der Waals surface area contributed by atoms with Crippen LogP contribution in [0.1, 0.15) is 17.7 Å². The second-order valence-electron chi connectivity index (χ2n) is 4.36. The number of alkyl halides is 1. The molecule has 1 atom stereocenters. The molecule has 21 heavy (non-hydrogen) atoms. The van der Waals surface area contributed by atoms with E-state index in [0.717, 1.165) is 16.9 Å². The van der Waals surface area contributed by atoms with E-state index < -0.39 is 17.7 Å². The van der Waals surface area contributed by atoms with Crippen molar-refractivity contribution in [2.45, 2.75) is 18.5 Å². The van der Waals surface area contributed by atoms with E-state index in [0.29, 0.717) is 11.2 Å². The number of aliphatic hydroxyl groups excluding tert-OH is 1. The number of furan rings is 1. The molecule has 0 bridgehead atoms. The number of hydrogen-bond acceptors (Lipinski definition) is 5. The van der Waals surface area contributed by atoms with Gasteiger partial charge in [0.25, 0.3) is 0 Å². The van der Waals surface area contributed by atoms with E-state index >= 15 is 0 Å². The molecule has 2 aromatic heterocycles. The highest BCUT2D eigenvalue weighted by molar-refractivity contribution is 6.16. The number of benzene rings is 1. The quantitative estimate of drug-likeness (QED) is 0.747. The van der Waals surface area contributed by atoms with Crippen molar-refractivity contribution in [3.8, 4) is 0 Å². The fourth-order valence-electron chi connectivity index (χ4n) is 1.87. The molecule has 0 spiro atoms. The lowest BCUT2D eigenvalue weighted by molar-refractivity contribution is 0.122. The van der Waals surface area contributed by atoms with E-state index in [-0.39, 0.29) is 23.8 Å². The maximum Gasteiger partial charge on any atom is 0.189 e. The Bertz CT molecular complexity index is 750. The Kier molecular flexibility index (Phi) is 3.56. The average molecular weight is 315 g/mol. The van der Waals surface area contributed by atoms with Gasteiger partial charge in [0.05, 0.1) is 12.4 Å². The van der Waals surface area contributed by atoms with E-state index in [9.17, 15) is 13.9 Å². The summed E-state index contributed by atoms with van der Waals surface area (Å²) in [5, 5.41) is 21.7. The maximum atomic E-state index is 13.1. The maximum absolute atomic E-state index is 13.1. The van der Waals surface area contributed by atoms with E-state index in [1.807, 2.05) is 0 Å². The van der Waals surface area contributed by atoms with Crippen LogP contribution in [0.4, 0.5) is 8.78 Å². The molecule has 9 heteroatoms. The SMILES string of the molecule is OC(Cn1nnc(CCl)n1)c1cc2cc(F)c(F)cc2o1. The van der Waals surface area contributed by atoms with Crippen LogP contribution in [0.5, 0.6) is 0 Å². The minimum Gasteiger partial charge on any atom is -0.458 e. The lowest BCUT2D eigenvalue weighted by Gasteiger charge is -2.05. The van der Waals surface area contributed by atoms with Gasteiger partial charge < -0.3 is 9.52 Å². The van der Waals surface area contributed by atoms with Gasteiger partial charge in [0.15, 0.2) is 17.5 Å². The second kappa shape index (κ2) is 5.38. The monoisotopic (exact) mass is 314 g/mol. The van der Waals surface area contributed by atoms with Crippen LogP contribution in [-0.2, 0) is 12.4 Å². The van der Waals surface area contributed by atoms with Crippen LogP contribution in [0.15, 0.2) is 22.6 Å². The molecule has 0 aliphatic carbocycles. The van der Waals surface area contributed by atoms with Gasteiger partial charge in [-0.1, -0.05) is 0 Å². The average Bonchev–Trinajstić information content (AvgIpc) is 3.06. The summed E-state index contributed by atoms with van der Waals surface area (Å²) >= 11 is 5.55. The summed E-state index contributed by atoms with van der Waals surface area (Å²) in [4.78, 5) is 1.16. The number of halogens is 3. The zero-order chi connectivity index (χ0) is 15.0. The standard InChI is InChI=1S/C12H9ClF2N4O2/c13-4-12-16-18-19(17-12)5-9(20)11-2-6-1-7(14)8(15)3-10(6)21-11/h1-3,9,20H,4-5H2. The first-order chi connectivity index (χ1) is 10.1. The zero-order valence-electron chi connectivity index (χ0n) is 10.5. The Balaban J connectivity index is 1.85. The summed E-state index contributed by atoms with van der Waals surface area (Å²) in [5.41, 5.74) is 0.149. The number of rotatable bonds is 4. The summed E-state index contributed by atoms with van der Waals surface area (Å²) in [6, 6.07) is 3.37. The zero-order valence-corrected chi connectivity index (χ0v) is 11.3. The van der Waals surface area contributed by atoms with Crippen LogP contribution in [-0.4, -0.2) is 25.3 Å². The number of fused-ring (bicyclic) bond motifs is 1. The summed E-state index contributed by atoms with van der Waals surface area (Å²) in [5.74, 6) is -1.40. The molecule has 3 rings (SSSR count). The van der Waals surface area contributed by atoms with Crippen LogP contribution in [0, 0.1) is 11.6 Å². The third kappa shape index (κ3) is 2.72. The van der Waals surface area contributed by atoms with Gasteiger partial charge in [-0.2, -0.15) is 4.80 Å². The number of hydrogen-bond donors (Lipinski definition) is 1. The largest absolute Gasteiger partial charge is 0.458 e. The first kappa shape index (κ1) is 13.9. The summed E-state index contributed by atoms with van der Waals surface area (Å²) in [6.45, 7) is -0.0192. The van der Waals surface area contributed by atoms with Crippen molar-refractivity contribution in [1.82, 2.24) is 20.2 Å². The molecule has 0 saturated carbocycles. The van der Waals surface area contributed by atoms with E-state index in [1.54, 1.807) is 0 Å². The third-order valence-corrected chi connectivity index (χ3v) is 3.10. The summed E-state index contributed by atoms with van der Waals surface area (Å²) in [6.07, 6.45) is -1.08. The third-order valence-electron chi connectivity index (χ3n) is 2.86. The van der Waals surface area contributed by atoms with Gasteiger partial charge in [-0.05, 0) is 17.3 Å². The van der Waals surface area contributed by atoms with Crippen molar-refractivity contribution in [2.75, 3.05) is 0 Å². The summed E-state index contributed by atoms with van der Waals surface area (Å²) in [7, 11) is 0. The number of nitrogens with zero attached hydrogens (tertiary/aromatic N) is 4. The highest BCUT2D eigenvalue weighted by Crippen LogP contribution is 2.26. The highest BCUT2D eigenvalue weighted by atomic mass is 35.5. The molecular weight excluding hydrogens is 306 g/mol. The molecule has 0 amide bonds. The van der Waals surface area contributed by atoms with Gasteiger partial charge in [-0.3, -0.25) is 0 Å². The Morgan fingerprint density at radius 3 is 2.76 bits per heavy atom. The fraction of sp³-hybridized carbons (Fsp3) is 0.250. The van der Waals surface area contributed by atoms with Gasteiger partial charge >= 0.3 is 0 Å². The number of aromatic nitrogens is 4. The fourth-order valence-corrected chi connectivity index (χ4v) is 1.98. The molecule has 0 aliphatic rings. The van der Waals surface area contributed by atoms with Crippen LogP contribution < -0.4 is 0 Å². The van der Waals surface area contributed by atoms with Crippen LogP contribution in [0.2, 0.25) is 0 Å². The minimum atomic E-state index is -1.08. The molecule has 1 N–H and O–H groups in total. The van der Waals surface area contributed by atoms with Gasteiger partial charge in [0.1, 0.15) is 17.4 Å². The molecular formula is C12H9ClF2N4O2. The van der Waals surface area contributed by atoms with Gasteiger partial charge in [-0.25, -0.2) is 8.78 Å². The Morgan fingerprint density at radius 1 is 1.29 bits per heavy atom. The van der Waals surface area contributed by atoms with Crippen molar-refractivity contribution in [2.24, 2.45) is 0 Å². The molecule has 1 unspecified atom stereocenters. The first-order valence-corrected chi connectivity index (χ1v) is 6.49. The first-order valence-electron chi connectivity index (χ1n) is 5.96. The predicted octanol–water partition coefficient (Wildman–Crippen LogP) is 2.17. The molecule has 0 fully saturated rings. The van der Waals surface area contributed by atoms with E-state index in [1.165, 1.54) is 6.07 Å². The number of aliphatic hydroxyl groups is 1. The van der Waals surface area contributed by atoms with Crippen molar-refractivity contribution in [3.05, 3.63) is 41.4 Å². The van der Waals surface area contributed by atoms with Crippen molar-refractivity contribution in [1.29, 1.82) is 0 Å². The molecule has 0 radical (unpaired) electrons. The molecule has 1 aromatic carbocycles. The van der Waals surface area contributed by atoms with Crippen molar-refractivity contribution < 1.29 is 18.3 Å². The predicted molar refractivity (Wildman–Crippen MR) is 68.5 cm³/mol. The van der Waals surface area contributed by atoms with Crippen LogP contribution >= 0.6 is 11.6 Å². The van der Waals surface area contributed by atoms with Crippen molar-refractivity contribution in [3.63, 3.8) is 0 Å². The van der Waals surface area contributed by atoms with Gasteiger partial charge in [0, 0.05) is 11.5 Å². The molecule has 0 saturated heterocycles. The van der Waals surface area contributed by atoms with E-state index in [4.69, 9.17) is 16.0 Å². The molecule has 2 heterocycles. The second-order valence-corrected chi connectivity index (χ2v) is 4.63. The van der Waals surface area contributed by atoms with Gasteiger partial charge in [-0.15, -0.1) is 21.8 Å². The lowest BCUT2D eigenvalue weighted by atomic mass is 10.2. The van der Waals surface area contributed by atoms with Crippen molar-refractivity contribution >= 4 is 22.6 Å².